The van der Waals surface area contributed by atoms with E-state index in [-0.39, 0.29) is 24.0 Å². The molecule has 0 aromatic carbocycles. The van der Waals surface area contributed by atoms with Crippen LogP contribution >= 0.6 is 0 Å². The second-order valence-electron chi connectivity index (χ2n) is 5.41. The van der Waals surface area contributed by atoms with E-state index in [1.807, 2.05) is 6.20 Å². The molecule has 0 unspecified atom stereocenters. The molecule has 0 radical (unpaired) electrons. The summed E-state index contributed by atoms with van der Waals surface area (Å²) in [6.45, 7) is 3.62. The number of nitrogens with one attached hydrogen (secondary N) is 1. The van der Waals surface area contributed by atoms with Crippen LogP contribution in [0.15, 0.2) is 24.5 Å². The number of ether oxygens (including phenoxy) is 1. The molecule has 1 aromatic heterocycles. The maximum Gasteiger partial charge on any atom is 0.224 e. The summed E-state index contributed by atoms with van der Waals surface area (Å²) >= 11 is 0. The van der Waals surface area contributed by atoms with Crippen molar-refractivity contribution < 1.29 is 9.53 Å². The highest BCUT2D eigenvalue weighted by atomic mass is 16.5. The van der Waals surface area contributed by atoms with Crippen LogP contribution in [0.1, 0.15) is 38.1 Å². The highest BCUT2D eigenvalue weighted by Gasteiger charge is 2.35. The minimum absolute atomic E-state index is 0.0378. The first-order valence-electron chi connectivity index (χ1n) is 7.37. The van der Waals surface area contributed by atoms with E-state index in [4.69, 9.17) is 4.74 Å². The van der Waals surface area contributed by atoms with Crippen LogP contribution in [0.2, 0.25) is 0 Å². The Morgan fingerprint density at radius 2 is 2.30 bits per heavy atom. The summed E-state index contributed by atoms with van der Waals surface area (Å²) in [5.41, 5.74) is 0. The summed E-state index contributed by atoms with van der Waals surface area (Å²) in [5, 5.41) is 3.15. The van der Waals surface area contributed by atoms with Crippen molar-refractivity contribution in [2.45, 2.75) is 44.9 Å². The second kappa shape index (κ2) is 5.79. The maximum absolute atomic E-state index is 12.2. The summed E-state index contributed by atoms with van der Waals surface area (Å²) in [6, 6.07) is 0.0378. The zero-order chi connectivity index (χ0) is 13.9. The van der Waals surface area contributed by atoms with Crippen molar-refractivity contribution in [2.75, 3.05) is 6.61 Å². The molecule has 1 fully saturated rings. The Labute approximate surface area is 119 Å². The molecule has 2 atom stereocenters. The fraction of sp³-hybridized carbons (Fsp3) is 0.600. The molecule has 20 heavy (non-hydrogen) atoms. The van der Waals surface area contributed by atoms with Crippen molar-refractivity contribution in [3.05, 3.63) is 30.4 Å². The molecule has 1 saturated heterocycles. The third kappa shape index (κ3) is 2.50. The average molecular weight is 275 g/mol. The largest absolute Gasteiger partial charge is 0.368 e. The molecule has 1 N–H and O–H groups in total. The molecule has 1 amide bonds. The molecule has 1 aromatic rings. The van der Waals surface area contributed by atoms with E-state index < -0.39 is 0 Å². The van der Waals surface area contributed by atoms with Crippen LogP contribution in [0.3, 0.4) is 0 Å². The Balaban J connectivity index is 1.68. The summed E-state index contributed by atoms with van der Waals surface area (Å²) in [5.74, 6) is 1.16. The monoisotopic (exact) mass is 275 g/mol. The van der Waals surface area contributed by atoms with Crippen LogP contribution in [0, 0.1) is 5.92 Å². The van der Waals surface area contributed by atoms with Crippen LogP contribution in [0.4, 0.5) is 0 Å². The predicted molar refractivity (Wildman–Crippen MR) is 75.0 cm³/mol. The van der Waals surface area contributed by atoms with Crippen LogP contribution in [0.25, 0.3) is 0 Å². The van der Waals surface area contributed by atoms with Crippen LogP contribution < -0.4 is 5.32 Å². The number of allylic oxidation sites excluding steroid dienone is 2. The normalized spacial score (nSPS) is 26.2. The van der Waals surface area contributed by atoms with Gasteiger partial charge in [0.15, 0.2) is 0 Å². The highest BCUT2D eigenvalue weighted by molar-refractivity contribution is 5.79. The van der Waals surface area contributed by atoms with E-state index in [2.05, 4.69) is 33.9 Å². The van der Waals surface area contributed by atoms with Gasteiger partial charge < -0.3 is 14.6 Å². The summed E-state index contributed by atoms with van der Waals surface area (Å²) in [6.07, 6.45) is 10.3. The van der Waals surface area contributed by atoms with Gasteiger partial charge in [0.1, 0.15) is 11.9 Å². The van der Waals surface area contributed by atoms with Gasteiger partial charge in [0.2, 0.25) is 5.91 Å². The number of carbonyl (C=O) groups excluding carboxylic acids is 1. The molecule has 2 heterocycles. The smallest absolute Gasteiger partial charge is 0.224 e. The van der Waals surface area contributed by atoms with E-state index in [0.717, 1.165) is 31.6 Å². The number of aromatic nitrogens is 2. The topological polar surface area (TPSA) is 56.1 Å². The standard InChI is InChI=1S/C15H21N3O2/c1-2-18-9-8-16-14(18)13-12(7-10-20-13)17-15(19)11-5-3-4-6-11/h3-4,8-9,11-13H,2,5-7,10H2,1H3,(H,17,19)/t12-,13-/m0/s1. The van der Waals surface area contributed by atoms with Gasteiger partial charge in [-0.1, -0.05) is 12.2 Å². The molecule has 3 rings (SSSR count). The van der Waals surface area contributed by atoms with Crippen molar-refractivity contribution in [1.82, 2.24) is 14.9 Å². The summed E-state index contributed by atoms with van der Waals surface area (Å²) in [4.78, 5) is 16.6. The van der Waals surface area contributed by atoms with Gasteiger partial charge in [0.05, 0.1) is 6.04 Å². The molecule has 108 valence electrons. The van der Waals surface area contributed by atoms with Gasteiger partial charge in [-0.3, -0.25) is 4.79 Å². The minimum Gasteiger partial charge on any atom is -0.368 e. The van der Waals surface area contributed by atoms with Crippen molar-refractivity contribution in [3.8, 4) is 0 Å². The lowest BCUT2D eigenvalue weighted by Crippen LogP contribution is -2.40. The van der Waals surface area contributed by atoms with Crippen molar-refractivity contribution in [3.63, 3.8) is 0 Å². The number of imidazole rings is 1. The lowest BCUT2D eigenvalue weighted by atomic mass is 10.0. The van der Waals surface area contributed by atoms with Gasteiger partial charge in [-0.15, -0.1) is 0 Å². The lowest BCUT2D eigenvalue weighted by molar-refractivity contribution is -0.125. The van der Waals surface area contributed by atoms with Crippen molar-refractivity contribution >= 4 is 5.91 Å². The SMILES string of the molecule is CCn1ccnc1[C@H]1OCC[C@@H]1NC(=O)C1CC=CC1. The van der Waals surface area contributed by atoms with Gasteiger partial charge in [-0.25, -0.2) is 4.98 Å². The first kappa shape index (κ1) is 13.4. The fourth-order valence-electron chi connectivity index (χ4n) is 2.97. The molecule has 5 nitrogen and oxygen atoms in total. The predicted octanol–water partition coefficient (Wildman–Crippen LogP) is 1.82. The van der Waals surface area contributed by atoms with E-state index in [1.165, 1.54) is 0 Å². The molecule has 1 aliphatic heterocycles. The number of amides is 1. The Kier molecular flexibility index (Phi) is 3.87. The molecule has 1 aliphatic carbocycles. The number of hydrogen-bond acceptors (Lipinski definition) is 3. The van der Waals surface area contributed by atoms with Gasteiger partial charge in [-0.05, 0) is 26.2 Å². The Morgan fingerprint density at radius 1 is 1.50 bits per heavy atom. The average Bonchev–Trinajstić information content (AvgIpc) is 3.19. The number of carbonyl (C=O) groups is 1. The number of rotatable bonds is 4. The highest BCUT2D eigenvalue weighted by Crippen LogP contribution is 2.29. The summed E-state index contributed by atoms with van der Waals surface area (Å²) < 4.78 is 7.88. The minimum atomic E-state index is -0.122. The molecule has 0 bridgehead atoms. The number of hydrogen-bond donors (Lipinski definition) is 1. The zero-order valence-corrected chi connectivity index (χ0v) is 11.8. The first-order valence-corrected chi connectivity index (χ1v) is 7.37. The van der Waals surface area contributed by atoms with E-state index >= 15 is 0 Å². The van der Waals surface area contributed by atoms with Gasteiger partial charge >= 0.3 is 0 Å². The Bertz CT molecular complexity index is 501. The van der Waals surface area contributed by atoms with Gasteiger partial charge in [0, 0.05) is 31.5 Å². The third-order valence-electron chi connectivity index (χ3n) is 4.14. The third-order valence-corrected chi connectivity index (χ3v) is 4.14. The molecule has 0 saturated carbocycles. The molecular formula is C15H21N3O2. The van der Waals surface area contributed by atoms with Crippen molar-refractivity contribution in [2.24, 2.45) is 5.92 Å². The quantitative estimate of drug-likeness (QED) is 0.853. The Hall–Kier alpha value is -1.62. The molecule has 0 spiro atoms. The molecular weight excluding hydrogens is 254 g/mol. The molecule has 2 aliphatic rings. The zero-order valence-electron chi connectivity index (χ0n) is 11.8. The van der Waals surface area contributed by atoms with E-state index in [9.17, 15) is 4.79 Å². The van der Waals surface area contributed by atoms with Crippen molar-refractivity contribution in [1.29, 1.82) is 0 Å². The lowest BCUT2D eigenvalue weighted by Gasteiger charge is -2.22. The first-order chi connectivity index (χ1) is 9.79. The number of nitrogens with zero attached hydrogens (tertiary/aromatic N) is 2. The second-order valence-corrected chi connectivity index (χ2v) is 5.41. The summed E-state index contributed by atoms with van der Waals surface area (Å²) in [7, 11) is 0. The Morgan fingerprint density at radius 3 is 3.05 bits per heavy atom. The van der Waals surface area contributed by atoms with Crippen LogP contribution in [-0.4, -0.2) is 28.1 Å². The molecule has 5 heteroatoms. The maximum atomic E-state index is 12.2. The number of aryl methyl sites for hydroxylation is 1. The van der Waals surface area contributed by atoms with Gasteiger partial charge in [0.25, 0.3) is 0 Å². The van der Waals surface area contributed by atoms with E-state index in [0.29, 0.717) is 6.61 Å². The van der Waals surface area contributed by atoms with E-state index in [1.54, 1.807) is 6.20 Å². The van der Waals surface area contributed by atoms with Crippen LogP contribution in [0.5, 0.6) is 0 Å². The van der Waals surface area contributed by atoms with Gasteiger partial charge in [-0.2, -0.15) is 0 Å². The fourth-order valence-corrected chi connectivity index (χ4v) is 2.97. The van der Waals surface area contributed by atoms with Crippen LogP contribution in [-0.2, 0) is 16.1 Å².